The van der Waals surface area contributed by atoms with Crippen molar-refractivity contribution in [3.63, 3.8) is 0 Å². The Balaban J connectivity index is 2.02. The Labute approximate surface area is 149 Å². The van der Waals surface area contributed by atoms with Gasteiger partial charge in [-0.2, -0.15) is 0 Å². The largest absolute Gasteiger partial charge is 0.369 e. The van der Waals surface area contributed by atoms with Crippen LogP contribution in [0.1, 0.15) is 58.1 Å². The first-order valence-electron chi connectivity index (χ1n) is 8.93. The minimum atomic E-state index is -1.04. The molecule has 0 bridgehead atoms. The van der Waals surface area contributed by atoms with Crippen molar-refractivity contribution in [3.05, 3.63) is 35.1 Å². The fourth-order valence-electron chi connectivity index (χ4n) is 3.58. The summed E-state index contributed by atoms with van der Waals surface area (Å²) in [5.41, 5.74) is 5.99. The molecule has 1 aliphatic heterocycles. The second-order valence-corrected chi connectivity index (χ2v) is 8.66. The molecule has 25 heavy (non-hydrogen) atoms. The van der Waals surface area contributed by atoms with Gasteiger partial charge in [0.1, 0.15) is 11.4 Å². The van der Waals surface area contributed by atoms with Crippen LogP contribution in [0.2, 0.25) is 0 Å². The summed E-state index contributed by atoms with van der Waals surface area (Å²) in [7, 11) is 1.60. The zero-order valence-corrected chi connectivity index (χ0v) is 15.8. The molecule has 136 valence electrons. The molecule has 3 rings (SSSR count). The highest BCUT2D eigenvalue weighted by molar-refractivity contribution is 6.01. The van der Waals surface area contributed by atoms with Crippen LogP contribution in [-0.2, 0) is 16.8 Å². The fraction of sp³-hybridized carbons (Fsp3) is 0.600. The molecule has 5 heteroatoms. The van der Waals surface area contributed by atoms with Crippen molar-refractivity contribution in [1.29, 1.82) is 0 Å². The van der Waals surface area contributed by atoms with Crippen LogP contribution in [0, 0.1) is 16.6 Å². The first-order chi connectivity index (χ1) is 11.5. The van der Waals surface area contributed by atoms with Gasteiger partial charge in [0.15, 0.2) is 5.96 Å². The van der Waals surface area contributed by atoms with Crippen molar-refractivity contribution in [1.82, 2.24) is 4.90 Å². The molecule has 1 amide bonds. The number of nitrogens with zero attached hydrogens (tertiary/aromatic N) is 2. The molecule has 0 unspecified atom stereocenters. The first kappa shape index (κ1) is 17.9. The van der Waals surface area contributed by atoms with Crippen LogP contribution in [0.25, 0.3) is 0 Å². The molecule has 0 aromatic heterocycles. The minimum absolute atomic E-state index is 0.127. The SMILES string of the molecule is CN1C(=O)C(C)(C)[C@@](C)(c2cc(CCC3(C)CC3)ccc2F)N=C1N. The number of rotatable bonds is 4. The standard InChI is InChI=1S/C20H28FN3O/c1-18(2)16(25)24(5)17(22)23-20(18,4)14-12-13(6-7-15(14)21)8-9-19(3)10-11-19/h6-7,12H,8-11H2,1-5H3,(H2,22,23)/t20-/m1/s1. The predicted molar refractivity (Wildman–Crippen MR) is 97.6 cm³/mol. The van der Waals surface area contributed by atoms with Gasteiger partial charge in [0.2, 0.25) is 5.91 Å². The number of hydrogen-bond acceptors (Lipinski definition) is 3. The molecule has 2 aliphatic rings. The summed E-state index contributed by atoms with van der Waals surface area (Å²) in [6.45, 7) is 7.70. The topological polar surface area (TPSA) is 58.7 Å². The summed E-state index contributed by atoms with van der Waals surface area (Å²) >= 11 is 0. The van der Waals surface area contributed by atoms with Crippen LogP contribution in [0.3, 0.4) is 0 Å². The van der Waals surface area contributed by atoms with E-state index in [9.17, 15) is 9.18 Å². The van der Waals surface area contributed by atoms with Crippen molar-refractivity contribution < 1.29 is 9.18 Å². The van der Waals surface area contributed by atoms with Gasteiger partial charge >= 0.3 is 0 Å². The van der Waals surface area contributed by atoms with Gasteiger partial charge in [-0.3, -0.25) is 9.69 Å². The van der Waals surface area contributed by atoms with Crippen molar-refractivity contribution >= 4 is 11.9 Å². The molecule has 1 fully saturated rings. The van der Waals surface area contributed by atoms with E-state index < -0.39 is 11.0 Å². The average Bonchev–Trinajstić information content (AvgIpc) is 3.29. The van der Waals surface area contributed by atoms with Gasteiger partial charge in [-0.05, 0) is 63.5 Å². The molecule has 4 nitrogen and oxygen atoms in total. The lowest BCUT2D eigenvalue weighted by Gasteiger charge is -2.46. The molecule has 1 aliphatic carbocycles. The number of guanidine groups is 1. The van der Waals surface area contributed by atoms with Crippen molar-refractivity contribution in [3.8, 4) is 0 Å². The van der Waals surface area contributed by atoms with Gasteiger partial charge in [0.05, 0.1) is 5.41 Å². The van der Waals surface area contributed by atoms with Crippen molar-refractivity contribution in [2.75, 3.05) is 7.05 Å². The van der Waals surface area contributed by atoms with Crippen molar-refractivity contribution in [2.24, 2.45) is 21.6 Å². The van der Waals surface area contributed by atoms with Gasteiger partial charge in [-0.1, -0.05) is 19.1 Å². The molecule has 0 spiro atoms. The number of aliphatic imine (C=N–C) groups is 1. The minimum Gasteiger partial charge on any atom is -0.369 e. The lowest BCUT2D eigenvalue weighted by molar-refractivity contribution is -0.140. The number of carbonyl (C=O) groups excluding carboxylic acids is 1. The number of aryl methyl sites for hydroxylation is 1. The average molecular weight is 345 g/mol. The number of hydrogen-bond donors (Lipinski definition) is 1. The lowest BCUT2D eigenvalue weighted by Crippen LogP contribution is -2.58. The van der Waals surface area contributed by atoms with E-state index in [1.165, 1.54) is 23.8 Å². The highest BCUT2D eigenvalue weighted by Gasteiger charge is 2.53. The normalized spacial score (nSPS) is 27.2. The summed E-state index contributed by atoms with van der Waals surface area (Å²) in [6, 6.07) is 5.21. The quantitative estimate of drug-likeness (QED) is 0.906. The van der Waals surface area contributed by atoms with Crippen LogP contribution in [0.5, 0.6) is 0 Å². The Morgan fingerprint density at radius 1 is 1.24 bits per heavy atom. The molecule has 0 radical (unpaired) electrons. The summed E-state index contributed by atoms with van der Waals surface area (Å²) in [6.07, 6.45) is 4.56. The van der Waals surface area contributed by atoms with Crippen LogP contribution < -0.4 is 5.73 Å². The highest BCUT2D eigenvalue weighted by atomic mass is 19.1. The van der Waals surface area contributed by atoms with Gasteiger partial charge in [0, 0.05) is 12.6 Å². The molecule has 1 heterocycles. The van der Waals surface area contributed by atoms with Gasteiger partial charge < -0.3 is 5.73 Å². The molecular formula is C20H28FN3O. The molecule has 1 atom stereocenters. The molecule has 1 saturated carbocycles. The third-order valence-corrected chi connectivity index (χ3v) is 6.41. The predicted octanol–water partition coefficient (Wildman–Crippen LogP) is 3.59. The highest BCUT2D eigenvalue weighted by Crippen LogP contribution is 2.50. The Morgan fingerprint density at radius 3 is 2.48 bits per heavy atom. The van der Waals surface area contributed by atoms with Crippen LogP contribution >= 0.6 is 0 Å². The maximum atomic E-state index is 14.7. The third-order valence-electron chi connectivity index (χ3n) is 6.41. The van der Waals surface area contributed by atoms with Gasteiger partial charge in [-0.15, -0.1) is 0 Å². The second kappa shape index (κ2) is 5.55. The van der Waals surface area contributed by atoms with Gasteiger partial charge in [-0.25, -0.2) is 9.38 Å². The van der Waals surface area contributed by atoms with E-state index >= 15 is 0 Å². The van der Waals surface area contributed by atoms with E-state index in [0.717, 1.165) is 18.4 Å². The number of halogens is 1. The maximum Gasteiger partial charge on any atom is 0.237 e. The molecular weight excluding hydrogens is 317 g/mol. The summed E-state index contributed by atoms with van der Waals surface area (Å²) in [5.74, 6) is -0.370. The smallest absolute Gasteiger partial charge is 0.237 e. The van der Waals surface area contributed by atoms with E-state index in [1.807, 2.05) is 12.1 Å². The molecule has 1 aromatic carbocycles. The van der Waals surface area contributed by atoms with E-state index in [2.05, 4.69) is 11.9 Å². The maximum absolute atomic E-state index is 14.7. The van der Waals surface area contributed by atoms with Crippen LogP contribution in [0.15, 0.2) is 23.2 Å². The zero-order valence-electron chi connectivity index (χ0n) is 15.8. The molecule has 2 N–H and O–H groups in total. The third kappa shape index (κ3) is 2.83. The first-order valence-corrected chi connectivity index (χ1v) is 8.93. The van der Waals surface area contributed by atoms with Crippen molar-refractivity contribution in [2.45, 2.75) is 58.9 Å². The lowest BCUT2D eigenvalue weighted by atomic mass is 9.67. The summed E-state index contributed by atoms with van der Waals surface area (Å²) in [5, 5.41) is 0. The fourth-order valence-corrected chi connectivity index (χ4v) is 3.58. The number of nitrogens with two attached hydrogens (primary N) is 1. The summed E-state index contributed by atoms with van der Waals surface area (Å²) < 4.78 is 14.7. The van der Waals surface area contributed by atoms with Crippen LogP contribution in [0.4, 0.5) is 4.39 Å². The summed E-state index contributed by atoms with van der Waals surface area (Å²) in [4.78, 5) is 18.6. The molecule has 1 aromatic rings. The Morgan fingerprint density at radius 2 is 1.88 bits per heavy atom. The second-order valence-electron chi connectivity index (χ2n) is 8.66. The van der Waals surface area contributed by atoms with E-state index in [4.69, 9.17) is 5.73 Å². The number of amides is 1. The molecule has 0 saturated heterocycles. The van der Waals surface area contributed by atoms with Crippen LogP contribution in [-0.4, -0.2) is 23.8 Å². The van der Waals surface area contributed by atoms with E-state index in [-0.39, 0.29) is 17.7 Å². The Hall–Kier alpha value is -1.91. The van der Waals surface area contributed by atoms with Gasteiger partial charge in [0.25, 0.3) is 0 Å². The Kier molecular flexibility index (Phi) is 3.97. The monoisotopic (exact) mass is 345 g/mol. The van der Waals surface area contributed by atoms with E-state index in [0.29, 0.717) is 11.0 Å². The number of carbonyl (C=O) groups is 1. The zero-order chi connectivity index (χ0) is 18.6. The number of benzene rings is 1. The Bertz CT molecular complexity index is 751. The van der Waals surface area contributed by atoms with E-state index in [1.54, 1.807) is 27.8 Å².